The van der Waals surface area contributed by atoms with Crippen molar-refractivity contribution in [3.8, 4) is 11.3 Å². The maximum Gasteiger partial charge on any atom is 0.174 e. The molecule has 1 aromatic heterocycles. The average molecular weight is 273 g/mol. The minimum Gasteiger partial charge on any atom is -0.337 e. The van der Waals surface area contributed by atoms with Gasteiger partial charge in [-0.3, -0.25) is 0 Å². The zero-order valence-corrected chi connectivity index (χ0v) is 9.38. The van der Waals surface area contributed by atoms with Gasteiger partial charge in [-0.2, -0.15) is 0 Å². The van der Waals surface area contributed by atoms with Crippen LogP contribution < -0.4 is 0 Å². The number of nitrogens with one attached hydrogen (secondary N) is 2. The number of aromatic amines is 2. The van der Waals surface area contributed by atoms with E-state index in [1.54, 1.807) is 18.3 Å². The Labute approximate surface area is 93.3 Å². The quantitative estimate of drug-likeness (QED) is 0.764. The minimum absolute atomic E-state index is 0.279. The van der Waals surface area contributed by atoms with E-state index in [-0.39, 0.29) is 5.82 Å². The number of halogens is 2. The van der Waals surface area contributed by atoms with Crippen molar-refractivity contribution < 1.29 is 4.39 Å². The van der Waals surface area contributed by atoms with Crippen molar-refractivity contribution in [1.29, 1.82) is 0 Å². The molecule has 0 atom stereocenters. The van der Waals surface area contributed by atoms with Crippen LogP contribution in [0.25, 0.3) is 11.3 Å². The molecule has 0 radical (unpaired) electrons. The molecule has 2 aromatic rings. The van der Waals surface area contributed by atoms with Gasteiger partial charge in [0.05, 0.1) is 5.69 Å². The first-order chi connectivity index (χ1) is 6.66. The van der Waals surface area contributed by atoms with Gasteiger partial charge in [-0.1, -0.05) is 15.9 Å². The van der Waals surface area contributed by atoms with Crippen LogP contribution in [-0.4, -0.2) is 9.97 Å². The number of aromatic nitrogens is 2. The summed E-state index contributed by atoms with van der Waals surface area (Å²) >= 11 is 8.15. The molecule has 2 N–H and O–H groups in total. The van der Waals surface area contributed by atoms with E-state index in [1.165, 1.54) is 6.07 Å². The van der Waals surface area contributed by atoms with Crippen LogP contribution in [0, 0.1) is 10.6 Å². The second kappa shape index (κ2) is 3.67. The summed E-state index contributed by atoms with van der Waals surface area (Å²) in [4.78, 5) is 5.65. The predicted molar refractivity (Wildman–Crippen MR) is 59.1 cm³/mol. The standard InChI is InChI=1S/C9H6BrFN2S/c10-5-1-2-7(11)6(3-5)8-4-12-9(14)13-8/h1-4H,(H2,12,13,14). The van der Waals surface area contributed by atoms with E-state index < -0.39 is 0 Å². The van der Waals surface area contributed by atoms with Crippen molar-refractivity contribution in [2.45, 2.75) is 0 Å². The van der Waals surface area contributed by atoms with Crippen LogP contribution in [0.5, 0.6) is 0 Å². The molecular weight excluding hydrogens is 267 g/mol. The summed E-state index contributed by atoms with van der Waals surface area (Å²) < 4.78 is 14.7. The lowest BCUT2D eigenvalue weighted by Gasteiger charge is -1.99. The number of imidazole rings is 1. The lowest BCUT2D eigenvalue weighted by atomic mass is 10.1. The van der Waals surface area contributed by atoms with Gasteiger partial charge in [0.1, 0.15) is 5.82 Å². The SMILES string of the molecule is Fc1ccc(Br)cc1-c1c[nH]c(=S)[nH]1. The van der Waals surface area contributed by atoms with E-state index in [2.05, 4.69) is 25.9 Å². The Bertz CT molecular complexity index is 518. The van der Waals surface area contributed by atoms with Gasteiger partial charge < -0.3 is 9.97 Å². The van der Waals surface area contributed by atoms with Gasteiger partial charge in [0, 0.05) is 16.2 Å². The number of H-pyrrole nitrogens is 2. The predicted octanol–water partition coefficient (Wildman–Crippen LogP) is 3.64. The maximum absolute atomic E-state index is 13.4. The molecule has 5 heteroatoms. The molecule has 0 saturated carbocycles. The summed E-state index contributed by atoms with van der Waals surface area (Å²) in [5.41, 5.74) is 1.14. The molecule has 14 heavy (non-hydrogen) atoms. The molecule has 0 aliphatic carbocycles. The second-order valence-electron chi connectivity index (χ2n) is 2.78. The molecule has 0 saturated heterocycles. The van der Waals surface area contributed by atoms with Crippen molar-refractivity contribution in [1.82, 2.24) is 9.97 Å². The Morgan fingerprint density at radius 3 is 2.79 bits per heavy atom. The van der Waals surface area contributed by atoms with Gasteiger partial charge in [-0.25, -0.2) is 4.39 Å². The Balaban J connectivity index is 2.61. The number of hydrogen-bond donors (Lipinski definition) is 2. The first kappa shape index (κ1) is 9.61. The monoisotopic (exact) mass is 272 g/mol. The van der Waals surface area contributed by atoms with Crippen molar-refractivity contribution >= 4 is 28.1 Å². The highest BCUT2D eigenvalue weighted by Crippen LogP contribution is 2.24. The van der Waals surface area contributed by atoms with E-state index in [0.29, 0.717) is 16.0 Å². The van der Waals surface area contributed by atoms with Crippen molar-refractivity contribution in [2.75, 3.05) is 0 Å². The molecule has 1 heterocycles. The Morgan fingerprint density at radius 1 is 1.36 bits per heavy atom. The number of benzene rings is 1. The van der Waals surface area contributed by atoms with Crippen molar-refractivity contribution in [3.05, 3.63) is 39.5 Å². The Hall–Kier alpha value is -0.940. The van der Waals surface area contributed by atoms with E-state index in [0.717, 1.165) is 4.47 Å². The molecule has 2 rings (SSSR count). The lowest BCUT2D eigenvalue weighted by molar-refractivity contribution is 0.630. The van der Waals surface area contributed by atoms with E-state index >= 15 is 0 Å². The van der Waals surface area contributed by atoms with Gasteiger partial charge in [-0.15, -0.1) is 0 Å². The highest BCUT2D eigenvalue weighted by atomic mass is 79.9. The van der Waals surface area contributed by atoms with Crippen LogP contribution in [0.15, 0.2) is 28.9 Å². The van der Waals surface area contributed by atoms with Crippen LogP contribution in [0.2, 0.25) is 0 Å². The fourth-order valence-corrected chi connectivity index (χ4v) is 1.71. The molecule has 0 aliphatic heterocycles. The fraction of sp³-hybridized carbons (Fsp3) is 0. The summed E-state index contributed by atoms with van der Waals surface area (Å²) in [5.74, 6) is -0.279. The van der Waals surface area contributed by atoms with E-state index in [4.69, 9.17) is 12.2 Å². The van der Waals surface area contributed by atoms with Crippen LogP contribution >= 0.6 is 28.1 Å². The molecular formula is C9H6BrFN2S. The van der Waals surface area contributed by atoms with Crippen LogP contribution in [0.3, 0.4) is 0 Å². The first-order valence-electron chi connectivity index (χ1n) is 3.90. The normalized spacial score (nSPS) is 10.4. The smallest absolute Gasteiger partial charge is 0.174 e. The summed E-state index contributed by atoms with van der Waals surface area (Å²) in [6, 6.07) is 4.76. The van der Waals surface area contributed by atoms with Crippen LogP contribution in [-0.2, 0) is 0 Å². The van der Waals surface area contributed by atoms with E-state index in [9.17, 15) is 4.39 Å². The lowest BCUT2D eigenvalue weighted by Crippen LogP contribution is -1.83. The first-order valence-corrected chi connectivity index (χ1v) is 5.10. The van der Waals surface area contributed by atoms with Gasteiger partial charge >= 0.3 is 0 Å². The van der Waals surface area contributed by atoms with Crippen molar-refractivity contribution in [2.24, 2.45) is 0 Å². The topological polar surface area (TPSA) is 31.6 Å². The Morgan fingerprint density at radius 2 is 2.14 bits per heavy atom. The highest BCUT2D eigenvalue weighted by Gasteiger charge is 2.06. The summed E-state index contributed by atoms with van der Waals surface area (Å²) in [6.07, 6.45) is 1.65. The van der Waals surface area contributed by atoms with Crippen LogP contribution in [0.4, 0.5) is 4.39 Å². The zero-order chi connectivity index (χ0) is 10.1. The molecule has 72 valence electrons. The van der Waals surface area contributed by atoms with Crippen LogP contribution in [0.1, 0.15) is 0 Å². The third-order valence-electron chi connectivity index (χ3n) is 1.81. The molecule has 0 aliphatic rings. The molecule has 2 nitrogen and oxygen atoms in total. The number of hydrogen-bond acceptors (Lipinski definition) is 1. The minimum atomic E-state index is -0.279. The Kier molecular flexibility index (Phi) is 2.52. The molecule has 0 bridgehead atoms. The third-order valence-corrected chi connectivity index (χ3v) is 2.53. The van der Waals surface area contributed by atoms with Gasteiger partial charge in [0.2, 0.25) is 0 Å². The zero-order valence-electron chi connectivity index (χ0n) is 6.97. The second-order valence-corrected chi connectivity index (χ2v) is 4.10. The molecule has 0 amide bonds. The number of rotatable bonds is 1. The maximum atomic E-state index is 13.4. The van der Waals surface area contributed by atoms with Gasteiger partial charge in [0.15, 0.2) is 4.77 Å². The summed E-state index contributed by atoms with van der Waals surface area (Å²) in [5, 5.41) is 0. The highest BCUT2D eigenvalue weighted by molar-refractivity contribution is 9.10. The van der Waals surface area contributed by atoms with E-state index in [1.807, 2.05) is 0 Å². The molecule has 1 aromatic carbocycles. The van der Waals surface area contributed by atoms with Gasteiger partial charge in [-0.05, 0) is 30.4 Å². The summed E-state index contributed by atoms with van der Waals surface area (Å²) in [6.45, 7) is 0. The fourth-order valence-electron chi connectivity index (χ4n) is 1.18. The van der Waals surface area contributed by atoms with Crippen molar-refractivity contribution in [3.63, 3.8) is 0 Å². The largest absolute Gasteiger partial charge is 0.337 e. The summed E-state index contributed by atoms with van der Waals surface area (Å²) in [7, 11) is 0. The van der Waals surface area contributed by atoms with Gasteiger partial charge in [0.25, 0.3) is 0 Å². The molecule has 0 spiro atoms. The molecule has 0 fully saturated rings. The third kappa shape index (κ3) is 1.78. The average Bonchev–Trinajstić information content (AvgIpc) is 2.56. The molecule has 0 unspecified atom stereocenters.